The maximum absolute atomic E-state index is 10.5. The zero-order valence-corrected chi connectivity index (χ0v) is 9.63. The predicted molar refractivity (Wildman–Crippen MR) is 57.6 cm³/mol. The highest BCUT2D eigenvalue weighted by Crippen LogP contribution is 2.42. The van der Waals surface area contributed by atoms with Gasteiger partial charge < -0.3 is 14.6 Å². The number of aliphatic hydroxyl groups is 1. The SMILES string of the molecule is CCCCC1(O)CCCC2(C1)OCCO2. The van der Waals surface area contributed by atoms with Gasteiger partial charge >= 0.3 is 0 Å². The van der Waals surface area contributed by atoms with E-state index in [9.17, 15) is 5.11 Å². The van der Waals surface area contributed by atoms with Crippen LogP contribution >= 0.6 is 0 Å². The Morgan fingerprint density at radius 3 is 2.60 bits per heavy atom. The molecule has 2 rings (SSSR count). The van der Waals surface area contributed by atoms with Crippen LogP contribution in [0.15, 0.2) is 0 Å². The van der Waals surface area contributed by atoms with Crippen LogP contribution in [0.4, 0.5) is 0 Å². The molecule has 0 aromatic rings. The van der Waals surface area contributed by atoms with Gasteiger partial charge in [-0.1, -0.05) is 19.8 Å². The minimum Gasteiger partial charge on any atom is -0.390 e. The van der Waals surface area contributed by atoms with E-state index in [4.69, 9.17) is 9.47 Å². The molecular formula is C12H22O3. The molecule has 2 aliphatic rings. The van der Waals surface area contributed by atoms with Gasteiger partial charge in [0.1, 0.15) is 0 Å². The molecule has 1 N–H and O–H groups in total. The molecule has 1 spiro atoms. The average Bonchev–Trinajstić information content (AvgIpc) is 2.63. The molecular weight excluding hydrogens is 192 g/mol. The molecule has 3 heteroatoms. The van der Waals surface area contributed by atoms with Gasteiger partial charge in [-0.25, -0.2) is 0 Å². The van der Waals surface area contributed by atoms with Crippen LogP contribution < -0.4 is 0 Å². The van der Waals surface area contributed by atoms with Crippen molar-refractivity contribution in [2.75, 3.05) is 13.2 Å². The molecule has 1 atom stereocenters. The zero-order chi connectivity index (χ0) is 10.8. The van der Waals surface area contributed by atoms with E-state index < -0.39 is 11.4 Å². The van der Waals surface area contributed by atoms with Crippen molar-refractivity contribution in [2.45, 2.75) is 63.3 Å². The highest BCUT2D eigenvalue weighted by Gasteiger charge is 2.47. The van der Waals surface area contributed by atoms with Crippen molar-refractivity contribution in [1.82, 2.24) is 0 Å². The summed E-state index contributed by atoms with van der Waals surface area (Å²) in [5.41, 5.74) is -0.543. The van der Waals surface area contributed by atoms with Crippen molar-refractivity contribution < 1.29 is 14.6 Å². The average molecular weight is 214 g/mol. The second-order valence-electron chi connectivity index (χ2n) is 4.97. The normalized spacial score (nSPS) is 34.8. The first-order valence-corrected chi connectivity index (χ1v) is 6.18. The smallest absolute Gasteiger partial charge is 0.171 e. The van der Waals surface area contributed by atoms with Gasteiger partial charge in [0.2, 0.25) is 0 Å². The van der Waals surface area contributed by atoms with Gasteiger partial charge in [0.05, 0.1) is 18.8 Å². The predicted octanol–water partition coefficient (Wildman–Crippen LogP) is 2.22. The number of ether oxygens (including phenoxy) is 2. The Bertz CT molecular complexity index is 211. The van der Waals surface area contributed by atoms with Crippen molar-refractivity contribution in [3.63, 3.8) is 0 Å². The van der Waals surface area contributed by atoms with Crippen molar-refractivity contribution in [3.05, 3.63) is 0 Å². The molecule has 0 bridgehead atoms. The minimum atomic E-state index is -0.543. The Morgan fingerprint density at radius 1 is 1.20 bits per heavy atom. The number of rotatable bonds is 3. The lowest BCUT2D eigenvalue weighted by Gasteiger charge is -2.41. The third-order valence-electron chi connectivity index (χ3n) is 3.61. The van der Waals surface area contributed by atoms with Gasteiger partial charge in [0, 0.05) is 12.8 Å². The van der Waals surface area contributed by atoms with Crippen LogP contribution in [0.1, 0.15) is 51.9 Å². The summed E-state index contributed by atoms with van der Waals surface area (Å²) < 4.78 is 11.3. The molecule has 0 amide bonds. The third-order valence-corrected chi connectivity index (χ3v) is 3.61. The van der Waals surface area contributed by atoms with Crippen LogP contribution in [-0.2, 0) is 9.47 Å². The fourth-order valence-electron chi connectivity index (χ4n) is 2.83. The van der Waals surface area contributed by atoms with Gasteiger partial charge in [-0.2, -0.15) is 0 Å². The lowest BCUT2D eigenvalue weighted by molar-refractivity contribution is -0.219. The van der Waals surface area contributed by atoms with E-state index >= 15 is 0 Å². The molecule has 1 saturated heterocycles. The molecule has 1 aliphatic heterocycles. The monoisotopic (exact) mass is 214 g/mol. The van der Waals surface area contributed by atoms with Gasteiger partial charge in [-0.3, -0.25) is 0 Å². The molecule has 1 unspecified atom stereocenters. The zero-order valence-electron chi connectivity index (χ0n) is 9.63. The summed E-state index contributed by atoms with van der Waals surface area (Å²) in [6, 6.07) is 0. The summed E-state index contributed by atoms with van der Waals surface area (Å²) >= 11 is 0. The summed E-state index contributed by atoms with van der Waals surface area (Å²) in [5.74, 6) is -0.444. The highest BCUT2D eigenvalue weighted by atomic mass is 16.7. The van der Waals surface area contributed by atoms with Crippen LogP contribution in [0.25, 0.3) is 0 Å². The van der Waals surface area contributed by atoms with Crippen molar-refractivity contribution in [3.8, 4) is 0 Å². The summed E-state index contributed by atoms with van der Waals surface area (Å²) in [4.78, 5) is 0. The van der Waals surface area contributed by atoms with Crippen LogP contribution in [-0.4, -0.2) is 29.7 Å². The Morgan fingerprint density at radius 2 is 1.93 bits per heavy atom. The van der Waals surface area contributed by atoms with E-state index in [2.05, 4.69) is 6.92 Å². The molecule has 0 radical (unpaired) electrons. The van der Waals surface area contributed by atoms with E-state index in [1.165, 1.54) is 0 Å². The van der Waals surface area contributed by atoms with E-state index in [0.29, 0.717) is 19.6 Å². The van der Waals surface area contributed by atoms with Crippen molar-refractivity contribution >= 4 is 0 Å². The van der Waals surface area contributed by atoms with Crippen LogP contribution in [0.3, 0.4) is 0 Å². The number of unbranched alkanes of at least 4 members (excludes halogenated alkanes) is 1. The molecule has 1 aliphatic carbocycles. The maximum atomic E-state index is 10.5. The van der Waals surface area contributed by atoms with E-state index in [1.807, 2.05) is 0 Å². The Kier molecular flexibility index (Phi) is 3.33. The quantitative estimate of drug-likeness (QED) is 0.783. The first-order chi connectivity index (χ1) is 7.18. The fourth-order valence-corrected chi connectivity index (χ4v) is 2.83. The van der Waals surface area contributed by atoms with Gasteiger partial charge in [0.15, 0.2) is 5.79 Å². The lowest BCUT2D eigenvalue weighted by Crippen LogP contribution is -2.46. The van der Waals surface area contributed by atoms with Crippen molar-refractivity contribution in [1.29, 1.82) is 0 Å². The summed E-state index contributed by atoms with van der Waals surface area (Å²) in [5, 5.41) is 10.5. The topological polar surface area (TPSA) is 38.7 Å². The first-order valence-electron chi connectivity index (χ1n) is 6.18. The Hall–Kier alpha value is -0.120. The molecule has 88 valence electrons. The molecule has 1 saturated carbocycles. The summed E-state index contributed by atoms with van der Waals surface area (Å²) in [6.45, 7) is 3.53. The number of hydrogen-bond donors (Lipinski definition) is 1. The van der Waals surface area contributed by atoms with E-state index in [1.54, 1.807) is 0 Å². The third kappa shape index (κ3) is 2.52. The highest BCUT2D eigenvalue weighted by molar-refractivity contribution is 4.92. The fraction of sp³-hybridized carbons (Fsp3) is 1.00. The van der Waals surface area contributed by atoms with Crippen molar-refractivity contribution in [2.24, 2.45) is 0 Å². The second-order valence-corrected chi connectivity index (χ2v) is 4.97. The standard InChI is InChI=1S/C12H22O3/c1-2-3-5-11(13)6-4-7-12(10-11)14-8-9-15-12/h13H,2-10H2,1H3. The molecule has 0 aromatic heterocycles. The molecule has 3 nitrogen and oxygen atoms in total. The largest absolute Gasteiger partial charge is 0.390 e. The summed E-state index contributed by atoms with van der Waals surface area (Å²) in [6.07, 6.45) is 6.64. The molecule has 1 heterocycles. The Labute approximate surface area is 91.8 Å². The maximum Gasteiger partial charge on any atom is 0.171 e. The van der Waals surface area contributed by atoms with Gasteiger partial charge in [-0.05, 0) is 19.3 Å². The number of hydrogen-bond acceptors (Lipinski definition) is 3. The van der Waals surface area contributed by atoms with Crippen LogP contribution in [0, 0.1) is 0 Å². The van der Waals surface area contributed by atoms with E-state index in [0.717, 1.165) is 38.5 Å². The van der Waals surface area contributed by atoms with Gasteiger partial charge in [0.25, 0.3) is 0 Å². The summed E-state index contributed by atoms with van der Waals surface area (Å²) in [7, 11) is 0. The Balaban J connectivity index is 1.96. The lowest BCUT2D eigenvalue weighted by atomic mass is 9.78. The second kappa shape index (κ2) is 4.40. The van der Waals surface area contributed by atoms with Gasteiger partial charge in [-0.15, -0.1) is 0 Å². The van der Waals surface area contributed by atoms with Crippen LogP contribution in [0.5, 0.6) is 0 Å². The van der Waals surface area contributed by atoms with Crippen LogP contribution in [0.2, 0.25) is 0 Å². The minimum absolute atomic E-state index is 0.444. The molecule has 2 fully saturated rings. The molecule has 15 heavy (non-hydrogen) atoms. The molecule has 0 aromatic carbocycles. The first kappa shape index (κ1) is 11.4. The van der Waals surface area contributed by atoms with E-state index in [-0.39, 0.29) is 0 Å².